The van der Waals surface area contributed by atoms with Crippen LogP contribution in [-0.2, 0) is 53.0 Å². The Kier molecular flexibility index (Phi) is 20.4. The number of hydrogen-bond donors (Lipinski definition) is 2. The number of hydrogen-bond acceptors (Lipinski definition) is 16. The number of nitrogens with one attached hydrogen (secondary N) is 2. The molecule has 23 heteroatoms. The highest BCUT2D eigenvalue weighted by Gasteiger charge is 2.39. The summed E-state index contributed by atoms with van der Waals surface area (Å²) in [5.74, 6) is -1.21. The molecule has 75 heavy (non-hydrogen) atoms. The zero-order valence-electron chi connectivity index (χ0n) is 43.1. The van der Waals surface area contributed by atoms with Crippen LogP contribution in [0.3, 0.4) is 0 Å². The number of tetrazole rings is 1. The lowest BCUT2D eigenvalue weighted by Crippen LogP contribution is -2.59. The standard InChI is InChI=1S/C52H65ClN12O9S/c1-35(62(6)51(69)74-52(3,4)5)47(66)56-45(49(68)64-23-14-16-39(64)33-65-50(58-59-61-65)75-40-17-8-7-9-18-40)36(2)73-34-38-32-63(60-57-38)24-26-71-28-30-72-29-27-70-25-22-54-48(67)44-31-37-15-10-11-19-41(37)46(55-44)42-20-12-13-21-43(42)53/h7-13,15,17-21,31-32,35-36,39,45H,14,16,22-30,33-34H2,1-6H3,(H,54,67)(H,56,66)/t35-,36?,39-,45-/m0/s1. The number of halogens is 1. The van der Waals surface area contributed by atoms with Crippen LogP contribution in [0.2, 0.25) is 5.02 Å². The van der Waals surface area contributed by atoms with Gasteiger partial charge in [0.15, 0.2) is 0 Å². The smallest absolute Gasteiger partial charge is 0.410 e. The van der Waals surface area contributed by atoms with Gasteiger partial charge in [0, 0.05) is 41.0 Å². The molecular formula is C52H65ClN12O9S. The fourth-order valence-electron chi connectivity index (χ4n) is 8.02. The van der Waals surface area contributed by atoms with Gasteiger partial charge in [-0.25, -0.2) is 19.1 Å². The van der Waals surface area contributed by atoms with Crippen molar-refractivity contribution in [2.45, 2.75) is 107 Å². The molecule has 0 bridgehead atoms. The maximum absolute atomic E-state index is 14.6. The lowest BCUT2D eigenvalue weighted by atomic mass is 10.0. The Balaban J connectivity index is 0.828. The predicted molar refractivity (Wildman–Crippen MR) is 280 cm³/mol. The van der Waals surface area contributed by atoms with E-state index in [4.69, 9.17) is 35.3 Å². The number of ether oxygens (including phenoxy) is 5. The van der Waals surface area contributed by atoms with Gasteiger partial charge in [0.05, 0.1) is 83.4 Å². The lowest BCUT2D eigenvalue weighted by molar-refractivity contribution is -0.143. The third kappa shape index (κ3) is 16.2. The summed E-state index contributed by atoms with van der Waals surface area (Å²) in [6.45, 7) is 12.0. The van der Waals surface area contributed by atoms with E-state index in [1.54, 1.807) is 67.2 Å². The van der Waals surface area contributed by atoms with Crippen molar-refractivity contribution in [3.63, 3.8) is 0 Å². The number of carbonyl (C=O) groups excluding carboxylic acids is 4. The molecule has 1 unspecified atom stereocenters. The average molecular weight is 1070 g/mol. The van der Waals surface area contributed by atoms with E-state index in [2.05, 4.69) is 41.5 Å². The lowest BCUT2D eigenvalue weighted by Gasteiger charge is -2.33. The number of fused-ring (bicyclic) bond motifs is 1. The van der Waals surface area contributed by atoms with Crippen molar-refractivity contribution in [3.8, 4) is 11.3 Å². The normalized spacial score (nSPS) is 14.9. The summed E-state index contributed by atoms with van der Waals surface area (Å²) < 4.78 is 32.1. The third-order valence-corrected chi connectivity index (χ3v) is 13.4. The van der Waals surface area contributed by atoms with Crippen LogP contribution >= 0.6 is 23.4 Å². The Morgan fingerprint density at radius 2 is 1.59 bits per heavy atom. The van der Waals surface area contributed by atoms with Crippen LogP contribution in [0.1, 0.15) is 63.6 Å². The first-order valence-electron chi connectivity index (χ1n) is 24.9. The van der Waals surface area contributed by atoms with E-state index in [9.17, 15) is 19.2 Å². The van der Waals surface area contributed by atoms with Crippen molar-refractivity contribution in [1.29, 1.82) is 0 Å². The van der Waals surface area contributed by atoms with Crippen molar-refractivity contribution in [2.75, 3.05) is 59.8 Å². The number of benzene rings is 3. The van der Waals surface area contributed by atoms with E-state index in [-0.39, 0.29) is 30.2 Å². The molecule has 3 aromatic heterocycles. The summed E-state index contributed by atoms with van der Waals surface area (Å²) in [4.78, 5) is 62.9. The first-order valence-corrected chi connectivity index (χ1v) is 26.1. The van der Waals surface area contributed by atoms with Crippen molar-refractivity contribution in [2.24, 2.45) is 0 Å². The highest BCUT2D eigenvalue weighted by molar-refractivity contribution is 7.99. The van der Waals surface area contributed by atoms with E-state index >= 15 is 0 Å². The van der Waals surface area contributed by atoms with Crippen LogP contribution in [0.4, 0.5) is 4.79 Å². The van der Waals surface area contributed by atoms with Gasteiger partial charge in [0.2, 0.25) is 17.0 Å². The van der Waals surface area contributed by atoms with Crippen LogP contribution in [0.5, 0.6) is 0 Å². The molecule has 3 aromatic carbocycles. The molecule has 1 fully saturated rings. The van der Waals surface area contributed by atoms with Gasteiger partial charge >= 0.3 is 6.09 Å². The zero-order chi connectivity index (χ0) is 53.3. The van der Waals surface area contributed by atoms with Gasteiger partial charge in [0.25, 0.3) is 5.91 Å². The maximum atomic E-state index is 14.6. The van der Waals surface area contributed by atoms with Crippen molar-refractivity contribution in [3.05, 3.63) is 108 Å². The van der Waals surface area contributed by atoms with Crippen LogP contribution in [0.25, 0.3) is 22.0 Å². The zero-order valence-corrected chi connectivity index (χ0v) is 44.7. The summed E-state index contributed by atoms with van der Waals surface area (Å²) in [5, 5.41) is 29.5. The van der Waals surface area contributed by atoms with E-state index in [1.165, 1.54) is 23.7 Å². The number of likely N-dealkylation sites (N-methyl/N-ethyl adjacent to an activating group) is 1. The minimum atomic E-state index is -1.13. The van der Waals surface area contributed by atoms with Gasteiger partial charge < -0.3 is 39.2 Å². The Morgan fingerprint density at radius 3 is 2.35 bits per heavy atom. The minimum Gasteiger partial charge on any atom is -0.444 e. The molecule has 0 radical (unpaired) electrons. The second-order valence-electron chi connectivity index (χ2n) is 18.8. The number of nitrogens with zero attached hydrogens (tertiary/aromatic N) is 10. The number of amides is 4. The number of carbonyl (C=O) groups is 4. The summed E-state index contributed by atoms with van der Waals surface area (Å²) in [5.41, 5.74) is 1.42. The van der Waals surface area contributed by atoms with Crippen molar-refractivity contribution < 1.29 is 42.9 Å². The third-order valence-electron chi connectivity index (χ3n) is 12.1. The summed E-state index contributed by atoms with van der Waals surface area (Å²) in [6, 6.07) is 24.3. The molecular weight excluding hydrogens is 1000 g/mol. The largest absolute Gasteiger partial charge is 0.444 e. The monoisotopic (exact) mass is 1070 g/mol. The molecule has 21 nitrogen and oxygen atoms in total. The highest BCUT2D eigenvalue weighted by Crippen LogP contribution is 2.33. The fraction of sp³-hybridized carbons (Fsp3) is 0.462. The molecule has 4 amide bonds. The van der Waals surface area contributed by atoms with Gasteiger partial charge in [-0.1, -0.05) is 77.5 Å². The van der Waals surface area contributed by atoms with E-state index < -0.39 is 35.8 Å². The van der Waals surface area contributed by atoms with Crippen LogP contribution in [0, 0.1) is 0 Å². The molecule has 400 valence electrons. The summed E-state index contributed by atoms with van der Waals surface area (Å²) in [6.07, 6.45) is 1.67. The topological polar surface area (TPSA) is 232 Å². The molecule has 6 aromatic rings. The van der Waals surface area contributed by atoms with Crippen molar-refractivity contribution >= 4 is 58.0 Å². The van der Waals surface area contributed by atoms with Crippen LogP contribution < -0.4 is 10.6 Å². The van der Waals surface area contributed by atoms with Gasteiger partial charge in [-0.2, -0.15) is 0 Å². The van der Waals surface area contributed by atoms with Gasteiger partial charge in [-0.3, -0.25) is 19.3 Å². The number of rotatable bonds is 26. The van der Waals surface area contributed by atoms with E-state index in [0.29, 0.717) is 93.8 Å². The first-order chi connectivity index (χ1) is 36.1. The molecule has 2 N–H and O–H groups in total. The minimum absolute atomic E-state index is 0.00157. The second-order valence-corrected chi connectivity index (χ2v) is 20.2. The molecule has 1 aliphatic rings. The van der Waals surface area contributed by atoms with Crippen LogP contribution in [-0.4, -0.2) is 163 Å². The molecule has 4 atom stereocenters. The number of aromatic nitrogens is 8. The highest BCUT2D eigenvalue weighted by atomic mass is 35.5. The van der Waals surface area contributed by atoms with Gasteiger partial charge in [-0.05, 0) is 99.3 Å². The summed E-state index contributed by atoms with van der Waals surface area (Å²) >= 11 is 7.92. The van der Waals surface area contributed by atoms with E-state index in [0.717, 1.165) is 27.7 Å². The fourth-order valence-corrected chi connectivity index (χ4v) is 9.04. The predicted octanol–water partition coefficient (Wildman–Crippen LogP) is 6.10. The quantitative estimate of drug-likeness (QED) is 0.0584. The molecule has 0 spiro atoms. The Bertz CT molecular complexity index is 2830. The number of pyridine rings is 1. The Hall–Kier alpha value is -6.56. The maximum Gasteiger partial charge on any atom is 0.410 e. The Labute approximate surface area is 445 Å². The molecule has 4 heterocycles. The van der Waals surface area contributed by atoms with Gasteiger partial charge in [0.1, 0.15) is 29.1 Å². The van der Waals surface area contributed by atoms with Crippen LogP contribution in [0.15, 0.2) is 101 Å². The molecule has 7 rings (SSSR count). The SMILES string of the molecule is CC(OCc1cn(CCOCCOCCOCCNC(=O)c2cc3ccccc3c(-c3ccccc3Cl)n2)nn1)[C@H](NC(=O)[C@H](C)N(C)C(=O)OC(C)(C)C)C(=O)N1CCC[C@H]1Cn1nnnc1Sc1ccccc1. The van der Waals surface area contributed by atoms with Crippen molar-refractivity contribution in [1.82, 2.24) is 60.6 Å². The molecule has 1 aliphatic heterocycles. The average Bonchev–Trinajstić information content (AvgIpc) is 4.18. The second kappa shape index (κ2) is 27.3. The number of likely N-dealkylation sites (tertiary alicyclic amines) is 1. The molecule has 1 saturated heterocycles. The molecule has 0 saturated carbocycles. The van der Waals surface area contributed by atoms with E-state index in [1.807, 2.05) is 72.8 Å². The summed E-state index contributed by atoms with van der Waals surface area (Å²) in [7, 11) is 1.47. The Morgan fingerprint density at radius 1 is 0.880 bits per heavy atom. The van der Waals surface area contributed by atoms with Gasteiger partial charge in [-0.15, -0.1) is 10.2 Å². The first kappa shape index (κ1) is 56.2. The molecule has 0 aliphatic carbocycles.